The van der Waals surface area contributed by atoms with E-state index < -0.39 is 0 Å². The van der Waals surface area contributed by atoms with Crippen molar-refractivity contribution in [2.24, 2.45) is 0 Å². The molecule has 0 amide bonds. The summed E-state index contributed by atoms with van der Waals surface area (Å²) in [7, 11) is 0. The molecule has 122 valence electrons. The highest BCUT2D eigenvalue weighted by atomic mass is 15.2. The zero-order valence-electron chi connectivity index (χ0n) is 13.7. The Labute approximate surface area is 138 Å². The van der Waals surface area contributed by atoms with Gasteiger partial charge in [-0.3, -0.25) is 14.8 Å². The molecule has 2 aliphatic heterocycles. The summed E-state index contributed by atoms with van der Waals surface area (Å²) in [5.74, 6) is 1.21. The minimum absolute atomic E-state index is 0.912. The molecule has 23 heavy (non-hydrogen) atoms. The highest BCUT2D eigenvalue weighted by Gasteiger charge is 2.20. The van der Waals surface area contributed by atoms with Crippen molar-refractivity contribution in [1.82, 2.24) is 24.3 Å². The van der Waals surface area contributed by atoms with Gasteiger partial charge in [-0.05, 0) is 38.1 Å². The molecule has 0 radical (unpaired) electrons. The lowest BCUT2D eigenvalue weighted by Crippen LogP contribution is -2.33. The Morgan fingerprint density at radius 1 is 0.870 bits per heavy atom. The van der Waals surface area contributed by atoms with E-state index in [2.05, 4.69) is 37.7 Å². The summed E-state index contributed by atoms with van der Waals surface area (Å²) in [6, 6.07) is 6.13. The van der Waals surface area contributed by atoms with Crippen molar-refractivity contribution in [1.29, 1.82) is 0 Å². The fourth-order valence-electron chi connectivity index (χ4n) is 3.64. The van der Waals surface area contributed by atoms with E-state index in [4.69, 9.17) is 4.98 Å². The number of hydrogen-bond donors (Lipinski definition) is 0. The Morgan fingerprint density at radius 3 is 2.57 bits per heavy atom. The van der Waals surface area contributed by atoms with Crippen LogP contribution in [0.3, 0.4) is 0 Å². The summed E-state index contributed by atoms with van der Waals surface area (Å²) in [6.45, 7) is 7.42. The van der Waals surface area contributed by atoms with Crippen LogP contribution in [0.1, 0.15) is 36.5 Å². The largest absolute Gasteiger partial charge is 0.332 e. The third-order valence-electron chi connectivity index (χ3n) is 4.88. The van der Waals surface area contributed by atoms with Crippen molar-refractivity contribution in [3.05, 3.63) is 47.8 Å². The predicted octanol–water partition coefficient (Wildman–Crippen LogP) is 2.28. The minimum Gasteiger partial charge on any atom is -0.332 e. The first-order valence-corrected chi connectivity index (χ1v) is 8.76. The Bertz CT molecular complexity index is 630. The second-order valence-corrected chi connectivity index (χ2v) is 6.71. The predicted molar refractivity (Wildman–Crippen MR) is 89.7 cm³/mol. The molecule has 0 atom stereocenters. The molecule has 0 spiro atoms. The van der Waals surface area contributed by atoms with E-state index in [9.17, 15) is 0 Å². The number of hydrogen-bond acceptors (Lipinski definition) is 4. The summed E-state index contributed by atoms with van der Waals surface area (Å²) in [5, 5.41) is 0. The van der Waals surface area contributed by atoms with E-state index in [1.165, 1.54) is 43.9 Å². The van der Waals surface area contributed by atoms with Crippen LogP contribution in [0, 0.1) is 0 Å². The zero-order valence-corrected chi connectivity index (χ0v) is 13.7. The summed E-state index contributed by atoms with van der Waals surface area (Å²) in [4.78, 5) is 14.3. The summed E-state index contributed by atoms with van der Waals surface area (Å²) < 4.78 is 2.34. The van der Waals surface area contributed by atoms with Crippen molar-refractivity contribution in [3.63, 3.8) is 0 Å². The normalized spacial score (nSPS) is 19.7. The molecule has 2 aromatic heterocycles. The average molecular weight is 311 g/mol. The molecule has 0 bridgehead atoms. The summed E-state index contributed by atoms with van der Waals surface area (Å²) in [5.41, 5.74) is 2.38. The topological polar surface area (TPSA) is 37.2 Å². The van der Waals surface area contributed by atoms with Crippen molar-refractivity contribution in [2.75, 3.05) is 19.6 Å². The van der Waals surface area contributed by atoms with Gasteiger partial charge in [-0.2, -0.15) is 0 Å². The van der Waals surface area contributed by atoms with E-state index in [-0.39, 0.29) is 0 Å². The van der Waals surface area contributed by atoms with Gasteiger partial charge < -0.3 is 4.57 Å². The number of nitrogens with zero attached hydrogens (tertiary/aromatic N) is 5. The van der Waals surface area contributed by atoms with E-state index in [0.717, 1.165) is 38.4 Å². The molecule has 0 aliphatic carbocycles. The van der Waals surface area contributed by atoms with Gasteiger partial charge in [0.2, 0.25) is 0 Å². The smallest absolute Gasteiger partial charge is 0.123 e. The van der Waals surface area contributed by atoms with Crippen molar-refractivity contribution in [3.8, 4) is 0 Å². The fourth-order valence-corrected chi connectivity index (χ4v) is 3.64. The van der Waals surface area contributed by atoms with E-state index in [1.807, 2.05) is 12.3 Å². The first kappa shape index (κ1) is 14.8. The standard InChI is InChI=1S/C18H25N5/c1-4-8-21(9-5-1)13-17-14-23-11-10-22(15-18(23)20-17)12-16-6-2-3-7-19-16/h2-3,6-7,14H,1,4-5,8-13,15H2. The van der Waals surface area contributed by atoms with Gasteiger partial charge in [0.25, 0.3) is 0 Å². The summed E-state index contributed by atoms with van der Waals surface area (Å²) >= 11 is 0. The summed E-state index contributed by atoms with van der Waals surface area (Å²) in [6.07, 6.45) is 8.20. The second kappa shape index (κ2) is 6.81. The monoisotopic (exact) mass is 311 g/mol. The number of aromatic nitrogens is 3. The third kappa shape index (κ3) is 3.62. The Hall–Kier alpha value is -1.72. The van der Waals surface area contributed by atoms with Crippen LogP contribution >= 0.6 is 0 Å². The van der Waals surface area contributed by atoms with Crippen LogP contribution in [-0.2, 0) is 26.2 Å². The highest BCUT2D eigenvalue weighted by Crippen LogP contribution is 2.17. The van der Waals surface area contributed by atoms with Gasteiger partial charge in [0.05, 0.1) is 17.9 Å². The highest BCUT2D eigenvalue weighted by molar-refractivity contribution is 5.08. The first-order valence-electron chi connectivity index (χ1n) is 8.76. The van der Waals surface area contributed by atoms with Gasteiger partial charge in [0.1, 0.15) is 5.82 Å². The SMILES string of the molecule is c1ccc(CN2CCn3cc(CN4CCCCC4)nc3C2)nc1. The van der Waals surface area contributed by atoms with Gasteiger partial charge >= 0.3 is 0 Å². The molecule has 2 aliphatic rings. The molecule has 1 saturated heterocycles. The number of rotatable bonds is 4. The van der Waals surface area contributed by atoms with Crippen molar-refractivity contribution < 1.29 is 0 Å². The average Bonchev–Trinajstić information content (AvgIpc) is 2.98. The molecule has 5 heteroatoms. The van der Waals surface area contributed by atoms with Crippen molar-refractivity contribution in [2.45, 2.75) is 45.4 Å². The van der Waals surface area contributed by atoms with Crippen LogP contribution in [0.5, 0.6) is 0 Å². The van der Waals surface area contributed by atoms with E-state index in [1.54, 1.807) is 0 Å². The second-order valence-electron chi connectivity index (χ2n) is 6.71. The van der Waals surface area contributed by atoms with E-state index >= 15 is 0 Å². The zero-order chi connectivity index (χ0) is 15.5. The maximum Gasteiger partial charge on any atom is 0.123 e. The molecule has 0 saturated carbocycles. The Balaban J connectivity index is 1.39. The lowest BCUT2D eigenvalue weighted by Gasteiger charge is -2.27. The van der Waals surface area contributed by atoms with Crippen LogP contribution in [0.4, 0.5) is 0 Å². The van der Waals surface area contributed by atoms with Crippen LogP contribution < -0.4 is 0 Å². The lowest BCUT2D eigenvalue weighted by atomic mass is 10.1. The number of piperidine rings is 1. The number of pyridine rings is 1. The van der Waals surface area contributed by atoms with Gasteiger partial charge in [0, 0.05) is 38.6 Å². The van der Waals surface area contributed by atoms with Crippen molar-refractivity contribution >= 4 is 0 Å². The van der Waals surface area contributed by atoms with Gasteiger partial charge in [-0.15, -0.1) is 0 Å². The van der Waals surface area contributed by atoms with Crippen LogP contribution in [0.2, 0.25) is 0 Å². The maximum atomic E-state index is 4.90. The van der Waals surface area contributed by atoms with Gasteiger partial charge in [0.15, 0.2) is 0 Å². The molecule has 0 unspecified atom stereocenters. The third-order valence-corrected chi connectivity index (χ3v) is 4.88. The molecule has 1 fully saturated rings. The van der Waals surface area contributed by atoms with Crippen LogP contribution in [0.15, 0.2) is 30.6 Å². The Kier molecular flexibility index (Phi) is 4.39. The van der Waals surface area contributed by atoms with Crippen LogP contribution in [-0.4, -0.2) is 44.0 Å². The molecule has 4 rings (SSSR count). The fraction of sp³-hybridized carbons (Fsp3) is 0.556. The molecule has 0 aromatic carbocycles. The van der Waals surface area contributed by atoms with E-state index in [0.29, 0.717) is 0 Å². The Morgan fingerprint density at radius 2 is 1.74 bits per heavy atom. The van der Waals surface area contributed by atoms with Gasteiger partial charge in [-0.25, -0.2) is 4.98 Å². The number of imidazole rings is 1. The minimum atomic E-state index is 0.912. The number of likely N-dealkylation sites (tertiary alicyclic amines) is 1. The molecular formula is C18H25N5. The molecule has 5 nitrogen and oxygen atoms in total. The van der Waals surface area contributed by atoms with Gasteiger partial charge in [-0.1, -0.05) is 12.5 Å². The first-order chi connectivity index (χ1) is 11.4. The quantitative estimate of drug-likeness (QED) is 0.868. The van der Waals surface area contributed by atoms with Crippen LogP contribution in [0.25, 0.3) is 0 Å². The molecule has 2 aromatic rings. The molecule has 4 heterocycles. The lowest BCUT2D eigenvalue weighted by molar-refractivity contribution is 0.206. The molecule has 0 N–H and O–H groups in total. The number of fused-ring (bicyclic) bond motifs is 1. The maximum absolute atomic E-state index is 4.90. The molecular weight excluding hydrogens is 286 g/mol.